The first-order valence-electron chi connectivity index (χ1n) is 6.47. The smallest absolute Gasteiger partial charge is 0.142 e. The Kier molecular flexibility index (Phi) is 7.77. The van der Waals surface area contributed by atoms with E-state index in [-0.39, 0.29) is 0 Å². The Balaban J connectivity index is 2.31. The SMILES string of the molecule is COCCCNCCNc1cc(OC)ccc1OC. The quantitative estimate of drug-likeness (QED) is 0.633. The molecule has 0 aliphatic rings. The maximum absolute atomic E-state index is 5.30. The van der Waals surface area contributed by atoms with Gasteiger partial charge in [-0.25, -0.2) is 0 Å². The van der Waals surface area contributed by atoms with Gasteiger partial charge in [0.2, 0.25) is 0 Å². The van der Waals surface area contributed by atoms with E-state index in [9.17, 15) is 0 Å². The van der Waals surface area contributed by atoms with Crippen LogP contribution in [0.4, 0.5) is 5.69 Å². The molecule has 0 heterocycles. The van der Waals surface area contributed by atoms with Gasteiger partial charge in [-0.15, -0.1) is 0 Å². The molecule has 0 spiro atoms. The third kappa shape index (κ3) is 5.81. The fourth-order valence-corrected chi connectivity index (χ4v) is 1.70. The number of nitrogens with one attached hydrogen (secondary N) is 2. The number of anilines is 1. The van der Waals surface area contributed by atoms with E-state index in [1.807, 2.05) is 18.2 Å². The second-order valence-corrected chi connectivity index (χ2v) is 4.09. The molecule has 0 amide bonds. The van der Waals surface area contributed by atoms with Crippen LogP contribution < -0.4 is 20.1 Å². The zero-order valence-electron chi connectivity index (χ0n) is 12.0. The van der Waals surface area contributed by atoms with Gasteiger partial charge in [0.25, 0.3) is 0 Å². The second-order valence-electron chi connectivity index (χ2n) is 4.09. The highest BCUT2D eigenvalue weighted by Gasteiger charge is 2.03. The molecule has 0 saturated heterocycles. The first-order valence-corrected chi connectivity index (χ1v) is 6.47. The van der Waals surface area contributed by atoms with Gasteiger partial charge in [-0.2, -0.15) is 0 Å². The van der Waals surface area contributed by atoms with Gasteiger partial charge in [-0.1, -0.05) is 0 Å². The average molecular weight is 268 g/mol. The van der Waals surface area contributed by atoms with Crippen LogP contribution in [0.25, 0.3) is 0 Å². The number of ether oxygens (including phenoxy) is 3. The maximum Gasteiger partial charge on any atom is 0.142 e. The molecule has 5 heteroatoms. The van der Waals surface area contributed by atoms with Crippen molar-refractivity contribution in [1.29, 1.82) is 0 Å². The van der Waals surface area contributed by atoms with E-state index in [0.29, 0.717) is 0 Å². The predicted molar refractivity (Wildman–Crippen MR) is 77.4 cm³/mol. The van der Waals surface area contributed by atoms with Crippen molar-refractivity contribution in [2.24, 2.45) is 0 Å². The number of rotatable bonds is 10. The summed E-state index contributed by atoms with van der Waals surface area (Å²) in [7, 11) is 5.04. The largest absolute Gasteiger partial charge is 0.497 e. The molecule has 0 saturated carbocycles. The van der Waals surface area contributed by atoms with Gasteiger partial charge in [0.1, 0.15) is 11.5 Å². The molecule has 5 nitrogen and oxygen atoms in total. The number of methoxy groups -OCH3 is 3. The molecule has 0 bridgehead atoms. The zero-order chi connectivity index (χ0) is 13.9. The normalized spacial score (nSPS) is 10.3. The van der Waals surface area contributed by atoms with Gasteiger partial charge >= 0.3 is 0 Å². The van der Waals surface area contributed by atoms with Crippen LogP contribution in [0.2, 0.25) is 0 Å². The monoisotopic (exact) mass is 268 g/mol. The molecule has 2 N–H and O–H groups in total. The minimum absolute atomic E-state index is 0.796. The fraction of sp³-hybridized carbons (Fsp3) is 0.571. The molecule has 0 aliphatic carbocycles. The summed E-state index contributed by atoms with van der Waals surface area (Å²) in [5, 5.41) is 6.67. The number of benzene rings is 1. The van der Waals surface area contributed by atoms with Crippen LogP contribution in [0.3, 0.4) is 0 Å². The summed E-state index contributed by atoms with van der Waals surface area (Å²) in [5.41, 5.74) is 0.945. The van der Waals surface area contributed by atoms with Gasteiger partial charge in [0.05, 0.1) is 19.9 Å². The van der Waals surface area contributed by atoms with Crippen molar-refractivity contribution >= 4 is 5.69 Å². The summed E-state index contributed by atoms with van der Waals surface area (Å²) in [4.78, 5) is 0. The average Bonchev–Trinajstić information content (AvgIpc) is 2.46. The standard InChI is InChI=1S/C14H24N2O3/c1-17-10-4-7-15-8-9-16-13-11-12(18-2)5-6-14(13)19-3/h5-6,11,15-16H,4,7-10H2,1-3H3. The lowest BCUT2D eigenvalue weighted by molar-refractivity contribution is 0.194. The zero-order valence-corrected chi connectivity index (χ0v) is 12.0. The summed E-state index contributed by atoms with van der Waals surface area (Å²) in [5.74, 6) is 1.64. The first kappa shape index (κ1) is 15.6. The molecule has 0 aromatic heterocycles. The molecule has 0 unspecified atom stereocenters. The van der Waals surface area contributed by atoms with E-state index in [1.54, 1.807) is 21.3 Å². The highest BCUT2D eigenvalue weighted by molar-refractivity contribution is 5.59. The van der Waals surface area contributed by atoms with Gasteiger partial charge in [0.15, 0.2) is 0 Å². The van der Waals surface area contributed by atoms with Crippen LogP contribution in [0.5, 0.6) is 11.5 Å². The molecule has 0 aliphatic heterocycles. The lowest BCUT2D eigenvalue weighted by Crippen LogP contribution is -2.24. The van der Waals surface area contributed by atoms with Crippen molar-refractivity contribution < 1.29 is 14.2 Å². The van der Waals surface area contributed by atoms with E-state index in [4.69, 9.17) is 14.2 Å². The Bertz CT molecular complexity index is 359. The van der Waals surface area contributed by atoms with Gasteiger partial charge in [-0.05, 0) is 25.1 Å². The Morgan fingerprint density at radius 1 is 1.00 bits per heavy atom. The van der Waals surface area contributed by atoms with Crippen LogP contribution in [-0.2, 0) is 4.74 Å². The van der Waals surface area contributed by atoms with E-state index in [0.717, 1.165) is 49.8 Å². The van der Waals surface area contributed by atoms with E-state index < -0.39 is 0 Å². The number of hydrogen-bond acceptors (Lipinski definition) is 5. The molecule has 1 rings (SSSR count). The Labute approximate surface area is 115 Å². The van der Waals surface area contributed by atoms with Gasteiger partial charge in [-0.3, -0.25) is 0 Å². The van der Waals surface area contributed by atoms with E-state index >= 15 is 0 Å². The molecule has 19 heavy (non-hydrogen) atoms. The lowest BCUT2D eigenvalue weighted by Gasteiger charge is -2.13. The van der Waals surface area contributed by atoms with Crippen LogP contribution in [-0.4, -0.2) is 47.6 Å². The van der Waals surface area contributed by atoms with Crippen LogP contribution in [0.1, 0.15) is 6.42 Å². The Morgan fingerprint density at radius 2 is 1.84 bits per heavy atom. The minimum Gasteiger partial charge on any atom is -0.497 e. The van der Waals surface area contributed by atoms with Crippen molar-refractivity contribution in [2.75, 3.05) is 52.9 Å². The number of hydrogen-bond donors (Lipinski definition) is 2. The van der Waals surface area contributed by atoms with Crippen molar-refractivity contribution in [3.63, 3.8) is 0 Å². The summed E-state index contributed by atoms with van der Waals surface area (Å²) in [6.07, 6.45) is 1.03. The van der Waals surface area contributed by atoms with Crippen molar-refractivity contribution in [3.05, 3.63) is 18.2 Å². The van der Waals surface area contributed by atoms with Crippen molar-refractivity contribution in [2.45, 2.75) is 6.42 Å². The van der Waals surface area contributed by atoms with E-state index in [2.05, 4.69) is 10.6 Å². The molecule has 108 valence electrons. The van der Waals surface area contributed by atoms with Crippen LogP contribution >= 0.6 is 0 Å². The van der Waals surface area contributed by atoms with Crippen molar-refractivity contribution in [3.8, 4) is 11.5 Å². The van der Waals surface area contributed by atoms with Crippen LogP contribution in [0, 0.1) is 0 Å². The molecular weight excluding hydrogens is 244 g/mol. The Morgan fingerprint density at radius 3 is 2.53 bits per heavy atom. The Hall–Kier alpha value is -1.46. The predicted octanol–water partition coefficient (Wildman–Crippen LogP) is 1.74. The molecule has 0 atom stereocenters. The second kappa shape index (κ2) is 9.47. The third-order valence-electron chi connectivity index (χ3n) is 2.73. The first-order chi connectivity index (χ1) is 9.31. The molecule has 0 fully saturated rings. The molecule has 1 aromatic carbocycles. The third-order valence-corrected chi connectivity index (χ3v) is 2.73. The summed E-state index contributed by atoms with van der Waals surface area (Å²) in [6.45, 7) is 3.48. The molecular formula is C14H24N2O3. The molecule has 0 radical (unpaired) electrons. The highest BCUT2D eigenvalue weighted by Crippen LogP contribution is 2.28. The summed E-state index contributed by atoms with van der Waals surface area (Å²) < 4.78 is 15.5. The van der Waals surface area contributed by atoms with E-state index in [1.165, 1.54) is 0 Å². The minimum atomic E-state index is 0.796. The topological polar surface area (TPSA) is 51.8 Å². The summed E-state index contributed by atoms with van der Waals surface area (Å²) in [6, 6.07) is 5.71. The summed E-state index contributed by atoms with van der Waals surface area (Å²) >= 11 is 0. The van der Waals surface area contributed by atoms with Gasteiger partial charge in [0, 0.05) is 32.9 Å². The highest BCUT2D eigenvalue weighted by atomic mass is 16.5. The molecule has 1 aromatic rings. The lowest BCUT2D eigenvalue weighted by atomic mass is 10.2. The van der Waals surface area contributed by atoms with Crippen molar-refractivity contribution in [1.82, 2.24) is 5.32 Å². The van der Waals surface area contributed by atoms with Crippen LogP contribution in [0.15, 0.2) is 18.2 Å². The van der Waals surface area contributed by atoms with Gasteiger partial charge < -0.3 is 24.8 Å². The maximum atomic E-state index is 5.30. The fourth-order valence-electron chi connectivity index (χ4n) is 1.70.